The van der Waals surface area contributed by atoms with Crippen molar-refractivity contribution in [2.24, 2.45) is 13.0 Å². The molecule has 118 valence electrons. The van der Waals surface area contributed by atoms with Gasteiger partial charge in [-0.3, -0.25) is 14.3 Å². The molecule has 0 aliphatic carbocycles. The van der Waals surface area contributed by atoms with E-state index in [-0.39, 0.29) is 12.5 Å². The van der Waals surface area contributed by atoms with E-state index in [4.69, 9.17) is 5.11 Å². The summed E-state index contributed by atoms with van der Waals surface area (Å²) < 4.78 is 1.81. The summed E-state index contributed by atoms with van der Waals surface area (Å²) in [6.45, 7) is 6.05. The molecule has 0 bridgehead atoms. The number of hydrogen-bond acceptors (Lipinski definition) is 3. The zero-order chi connectivity index (χ0) is 16.0. The molecular formula is C15H25N3O3. The average Bonchev–Trinajstić information content (AvgIpc) is 2.65. The fourth-order valence-corrected chi connectivity index (χ4v) is 2.40. The van der Waals surface area contributed by atoms with Crippen molar-refractivity contribution in [1.29, 1.82) is 0 Å². The quantitative estimate of drug-likeness (QED) is 0.762. The number of nitrogens with one attached hydrogen (secondary N) is 1. The minimum atomic E-state index is -0.851. The van der Waals surface area contributed by atoms with Gasteiger partial charge in [0.2, 0.25) is 5.91 Å². The van der Waals surface area contributed by atoms with Crippen LogP contribution in [0, 0.1) is 19.8 Å². The van der Waals surface area contributed by atoms with Gasteiger partial charge in [-0.1, -0.05) is 13.3 Å². The van der Waals surface area contributed by atoms with Crippen LogP contribution in [0.4, 0.5) is 0 Å². The fraction of sp³-hybridized carbons (Fsp3) is 0.667. The van der Waals surface area contributed by atoms with Gasteiger partial charge in [-0.25, -0.2) is 0 Å². The number of carbonyl (C=O) groups excluding carboxylic acids is 1. The van der Waals surface area contributed by atoms with Crippen LogP contribution in [0.15, 0.2) is 0 Å². The molecule has 1 rings (SSSR count). The summed E-state index contributed by atoms with van der Waals surface area (Å²) >= 11 is 0. The first kappa shape index (κ1) is 17.2. The molecule has 1 aromatic rings. The van der Waals surface area contributed by atoms with Gasteiger partial charge in [0, 0.05) is 25.7 Å². The summed E-state index contributed by atoms with van der Waals surface area (Å²) in [5.74, 6) is -1.46. The molecule has 0 radical (unpaired) electrons. The smallest absolute Gasteiger partial charge is 0.308 e. The maximum Gasteiger partial charge on any atom is 0.308 e. The largest absolute Gasteiger partial charge is 0.481 e. The molecule has 0 aliphatic heterocycles. The van der Waals surface area contributed by atoms with E-state index in [0.29, 0.717) is 19.3 Å². The van der Waals surface area contributed by atoms with Gasteiger partial charge in [-0.2, -0.15) is 5.10 Å². The van der Waals surface area contributed by atoms with Gasteiger partial charge in [0.15, 0.2) is 0 Å². The van der Waals surface area contributed by atoms with Crippen molar-refractivity contribution in [3.63, 3.8) is 0 Å². The summed E-state index contributed by atoms with van der Waals surface area (Å²) in [4.78, 5) is 22.9. The number of aromatic nitrogens is 2. The van der Waals surface area contributed by atoms with Crippen molar-refractivity contribution < 1.29 is 14.7 Å². The highest BCUT2D eigenvalue weighted by molar-refractivity contribution is 5.77. The van der Waals surface area contributed by atoms with Crippen LogP contribution >= 0.6 is 0 Å². The second kappa shape index (κ2) is 7.81. The van der Waals surface area contributed by atoms with Gasteiger partial charge < -0.3 is 10.4 Å². The molecular weight excluding hydrogens is 270 g/mol. The van der Waals surface area contributed by atoms with E-state index in [1.165, 1.54) is 0 Å². The Bertz CT molecular complexity index is 509. The van der Waals surface area contributed by atoms with Crippen LogP contribution in [0.2, 0.25) is 0 Å². The lowest BCUT2D eigenvalue weighted by atomic mass is 10.0. The van der Waals surface area contributed by atoms with Crippen molar-refractivity contribution in [1.82, 2.24) is 15.1 Å². The molecule has 0 aliphatic rings. The fourth-order valence-electron chi connectivity index (χ4n) is 2.40. The Morgan fingerprint density at radius 1 is 1.38 bits per heavy atom. The molecule has 21 heavy (non-hydrogen) atoms. The van der Waals surface area contributed by atoms with Crippen molar-refractivity contribution >= 4 is 11.9 Å². The molecule has 0 saturated heterocycles. The lowest BCUT2D eigenvalue weighted by Crippen LogP contribution is -2.33. The maximum absolute atomic E-state index is 11.8. The SMILES string of the molecule is CCCC(CNC(=O)CCc1c(C)nn(C)c1C)C(=O)O. The van der Waals surface area contributed by atoms with Crippen LogP contribution in [-0.2, 0) is 23.1 Å². The summed E-state index contributed by atoms with van der Waals surface area (Å²) in [6, 6.07) is 0. The number of rotatable bonds is 8. The highest BCUT2D eigenvalue weighted by Gasteiger charge is 2.17. The number of hydrogen-bond donors (Lipinski definition) is 2. The molecule has 1 aromatic heterocycles. The van der Waals surface area contributed by atoms with E-state index in [2.05, 4.69) is 10.4 Å². The van der Waals surface area contributed by atoms with Gasteiger partial charge in [-0.15, -0.1) is 0 Å². The van der Waals surface area contributed by atoms with E-state index >= 15 is 0 Å². The zero-order valence-corrected chi connectivity index (χ0v) is 13.3. The van der Waals surface area contributed by atoms with Gasteiger partial charge >= 0.3 is 5.97 Å². The predicted molar refractivity (Wildman–Crippen MR) is 80.0 cm³/mol. The molecule has 0 aromatic carbocycles. The second-order valence-electron chi connectivity index (χ2n) is 5.40. The third-order valence-corrected chi connectivity index (χ3v) is 3.79. The molecule has 1 heterocycles. The molecule has 1 unspecified atom stereocenters. The van der Waals surface area contributed by atoms with Gasteiger partial charge in [0.05, 0.1) is 11.6 Å². The van der Waals surface area contributed by atoms with E-state index < -0.39 is 11.9 Å². The minimum absolute atomic E-state index is 0.111. The number of aryl methyl sites for hydroxylation is 2. The molecule has 1 amide bonds. The second-order valence-corrected chi connectivity index (χ2v) is 5.40. The number of carbonyl (C=O) groups is 2. The lowest BCUT2D eigenvalue weighted by molar-refractivity contribution is -0.141. The molecule has 0 spiro atoms. The zero-order valence-electron chi connectivity index (χ0n) is 13.3. The van der Waals surface area contributed by atoms with Crippen LogP contribution in [0.5, 0.6) is 0 Å². The van der Waals surface area contributed by atoms with Gasteiger partial charge in [0.1, 0.15) is 0 Å². The van der Waals surface area contributed by atoms with Crippen LogP contribution < -0.4 is 5.32 Å². The first-order valence-electron chi connectivity index (χ1n) is 7.35. The Morgan fingerprint density at radius 3 is 2.52 bits per heavy atom. The predicted octanol–water partition coefficient (Wildman–Crippen LogP) is 1.59. The number of aliphatic carboxylic acids is 1. The molecule has 0 fully saturated rings. The highest BCUT2D eigenvalue weighted by Crippen LogP contribution is 2.14. The first-order valence-corrected chi connectivity index (χ1v) is 7.35. The summed E-state index contributed by atoms with van der Waals surface area (Å²) in [5, 5.41) is 16.1. The Balaban J connectivity index is 2.45. The Morgan fingerprint density at radius 2 is 2.05 bits per heavy atom. The van der Waals surface area contributed by atoms with Gasteiger partial charge in [-0.05, 0) is 32.3 Å². The van der Waals surface area contributed by atoms with E-state index in [1.807, 2.05) is 32.5 Å². The summed E-state index contributed by atoms with van der Waals surface area (Å²) in [7, 11) is 1.88. The summed E-state index contributed by atoms with van der Waals surface area (Å²) in [5.41, 5.74) is 3.10. The Hall–Kier alpha value is -1.85. The molecule has 2 N–H and O–H groups in total. The van der Waals surface area contributed by atoms with Crippen LogP contribution in [0.3, 0.4) is 0 Å². The van der Waals surface area contributed by atoms with Crippen molar-refractivity contribution in [3.05, 3.63) is 17.0 Å². The van der Waals surface area contributed by atoms with Crippen LogP contribution in [0.25, 0.3) is 0 Å². The molecule has 0 saturated carbocycles. The van der Waals surface area contributed by atoms with E-state index in [0.717, 1.165) is 23.4 Å². The van der Waals surface area contributed by atoms with E-state index in [9.17, 15) is 9.59 Å². The van der Waals surface area contributed by atoms with Gasteiger partial charge in [0.25, 0.3) is 0 Å². The third kappa shape index (κ3) is 4.88. The lowest BCUT2D eigenvalue weighted by Gasteiger charge is -2.12. The molecule has 6 heteroatoms. The normalized spacial score (nSPS) is 12.2. The monoisotopic (exact) mass is 295 g/mol. The Labute approximate surface area is 125 Å². The Kier molecular flexibility index (Phi) is 6.39. The molecule has 1 atom stereocenters. The maximum atomic E-state index is 11.8. The average molecular weight is 295 g/mol. The van der Waals surface area contributed by atoms with Crippen molar-refractivity contribution in [2.45, 2.75) is 46.5 Å². The third-order valence-electron chi connectivity index (χ3n) is 3.79. The summed E-state index contributed by atoms with van der Waals surface area (Å²) in [6.07, 6.45) is 2.35. The minimum Gasteiger partial charge on any atom is -0.481 e. The molecule has 6 nitrogen and oxygen atoms in total. The first-order chi connectivity index (χ1) is 9.86. The van der Waals surface area contributed by atoms with E-state index in [1.54, 1.807) is 0 Å². The number of carboxylic acid groups (broad SMARTS) is 1. The number of amides is 1. The van der Waals surface area contributed by atoms with Crippen molar-refractivity contribution in [3.8, 4) is 0 Å². The highest BCUT2D eigenvalue weighted by atomic mass is 16.4. The van der Waals surface area contributed by atoms with Crippen LogP contribution in [0.1, 0.15) is 43.1 Å². The standard InChI is InChI=1S/C15H25N3O3/c1-5-6-12(15(20)21)9-16-14(19)8-7-13-10(2)17-18(4)11(13)3/h12H,5-9H2,1-4H3,(H,16,19)(H,20,21). The topological polar surface area (TPSA) is 84.2 Å². The van der Waals surface area contributed by atoms with Crippen molar-refractivity contribution in [2.75, 3.05) is 6.54 Å². The van der Waals surface area contributed by atoms with Crippen LogP contribution in [-0.4, -0.2) is 33.3 Å². The number of nitrogens with zero attached hydrogens (tertiary/aromatic N) is 2. The number of carboxylic acids is 1.